The number of hydrogen-bond donors (Lipinski definition) is 2. The van der Waals surface area contributed by atoms with Crippen LogP contribution in [-0.2, 0) is 9.59 Å². The lowest BCUT2D eigenvalue weighted by Crippen LogP contribution is -2.59. The Hall–Kier alpha value is -1.10. The first-order valence-corrected chi connectivity index (χ1v) is 5.86. The molecule has 0 aromatic carbocycles. The second-order valence-corrected chi connectivity index (χ2v) is 4.76. The van der Waals surface area contributed by atoms with Crippen molar-refractivity contribution >= 4 is 11.8 Å². The Bertz CT molecular complexity index is 292. The molecule has 0 radical (unpaired) electrons. The molecule has 2 atom stereocenters. The molecule has 2 aliphatic rings. The van der Waals surface area contributed by atoms with Crippen molar-refractivity contribution in [2.75, 3.05) is 20.1 Å². The highest BCUT2D eigenvalue weighted by Crippen LogP contribution is 2.34. The predicted octanol–water partition coefficient (Wildman–Crippen LogP) is -0.669. The minimum atomic E-state index is -0.260. The number of nitrogens with zero attached hydrogens (tertiary/aromatic N) is 1. The fourth-order valence-electron chi connectivity index (χ4n) is 2.08. The topological polar surface area (TPSA) is 61.4 Å². The number of piperazine rings is 1. The van der Waals surface area contributed by atoms with Crippen molar-refractivity contribution in [3.63, 3.8) is 0 Å². The molecule has 1 aliphatic heterocycles. The Kier molecular flexibility index (Phi) is 3.14. The van der Waals surface area contributed by atoms with Crippen LogP contribution >= 0.6 is 0 Å². The molecule has 0 bridgehead atoms. The summed E-state index contributed by atoms with van der Waals surface area (Å²) in [5, 5.41) is 5.66. The van der Waals surface area contributed by atoms with E-state index in [1.54, 1.807) is 0 Å². The lowest BCUT2D eigenvalue weighted by Gasteiger charge is -2.31. The monoisotopic (exact) mass is 225 g/mol. The fraction of sp³-hybridized carbons (Fsp3) is 0.818. The van der Waals surface area contributed by atoms with Gasteiger partial charge in [-0.05, 0) is 25.7 Å². The van der Waals surface area contributed by atoms with Gasteiger partial charge >= 0.3 is 0 Å². The molecule has 1 saturated carbocycles. The Morgan fingerprint density at radius 2 is 2.19 bits per heavy atom. The van der Waals surface area contributed by atoms with Gasteiger partial charge in [-0.25, -0.2) is 0 Å². The van der Waals surface area contributed by atoms with Gasteiger partial charge in [-0.15, -0.1) is 0 Å². The normalized spacial score (nSPS) is 27.1. The third kappa shape index (κ3) is 2.35. The molecule has 2 rings (SSSR count). The fourth-order valence-corrected chi connectivity index (χ4v) is 2.08. The molecule has 5 nitrogen and oxygen atoms in total. The SMILES string of the molecule is CC(C1CC1)N(C)C(=O)C1CNC(=O)CN1. The molecular weight excluding hydrogens is 206 g/mol. The van der Waals surface area contributed by atoms with Crippen LogP contribution in [0.3, 0.4) is 0 Å². The summed E-state index contributed by atoms with van der Waals surface area (Å²) in [5.74, 6) is 0.716. The summed E-state index contributed by atoms with van der Waals surface area (Å²) in [6.45, 7) is 2.73. The van der Waals surface area contributed by atoms with Crippen LogP contribution < -0.4 is 10.6 Å². The van der Waals surface area contributed by atoms with Crippen molar-refractivity contribution in [1.82, 2.24) is 15.5 Å². The molecule has 16 heavy (non-hydrogen) atoms. The third-order valence-electron chi connectivity index (χ3n) is 3.57. The highest BCUT2D eigenvalue weighted by Gasteiger charge is 2.35. The smallest absolute Gasteiger partial charge is 0.241 e. The molecule has 2 unspecified atom stereocenters. The third-order valence-corrected chi connectivity index (χ3v) is 3.57. The van der Waals surface area contributed by atoms with E-state index in [1.165, 1.54) is 12.8 Å². The van der Waals surface area contributed by atoms with Gasteiger partial charge in [0, 0.05) is 19.6 Å². The van der Waals surface area contributed by atoms with E-state index in [4.69, 9.17) is 0 Å². The van der Waals surface area contributed by atoms with Crippen LogP contribution in [0.1, 0.15) is 19.8 Å². The van der Waals surface area contributed by atoms with E-state index in [1.807, 2.05) is 11.9 Å². The minimum absolute atomic E-state index is 0.0399. The number of amides is 2. The number of carbonyl (C=O) groups is 2. The Balaban J connectivity index is 1.88. The molecule has 1 saturated heterocycles. The molecule has 90 valence electrons. The van der Waals surface area contributed by atoms with E-state index in [9.17, 15) is 9.59 Å². The summed E-state index contributed by atoms with van der Waals surface area (Å²) in [5.41, 5.74) is 0. The zero-order chi connectivity index (χ0) is 11.7. The molecule has 1 aliphatic carbocycles. The van der Waals surface area contributed by atoms with Crippen molar-refractivity contribution in [3.8, 4) is 0 Å². The van der Waals surface area contributed by atoms with Crippen molar-refractivity contribution < 1.29 is 9.59 Å². The number of carbonyl (C=O) groups excluding carboxylic acids is 2. The molecule has 5 heteroatoms. The molecule has 0 aromatic heterocycles. The lowest BCUT2D eigenvalue weighted by molar-refractivity contribution is -0.135. The summed E-state index contributed by atoms with van der Waals surface area (Å²) in [6, 6.07) is 0.0517. The van der Waals surface area contributed by atoms with Gasteiger partial charge < -0.3 is 10.2 Å². The lowest BCUT2D eigenvalue weighted by atomic mass is 10.1. The second kappa shape index (κ2) is 4.41. The average Bonchev–Trinajstić information content (AvgIpc) is 3.11. The van der Waals surface area contributed by atoms with Crippen molar-refractivity contribution in [2.24, 2.45) is 5.92 Å². The summed E-state index contributed by atoms with van der Waals surface area (Å²) in [7, 11) is 1.85. The molecule has 1 heterocycles. The van der Waals surface area contributed by atoms with Crippen molar-refractivity contribution in [1.29, 1.82) is 0 Å². The highest BCUT2D eigenvalue weighted by atomic mass is 16.2. The van der Waals surface area contributed by atoms with Crippen molar-refractivity contribution in [3.05, 3.63) is 0 Å². The van der Waals surface area contributed by atoms with Crippen LogP contribution in [0.25, 0.3) is 0 Å². The van der Waals surface area contributed by atoms with Gasteiger partial charge in [0.15, 0.2) is 0 Å². The Morgan fingerprint density at radius 3 is 2.69 bits per heavy atom. The zero-order valence-electron chi connectivity index (χ0n) is 9.82. The maximum atomic E-state index is 12.1. The summed E-state index contributed by atoms with van der Waals surface area (Å²) < 4.78 is 0. The van der Waals surface area contributed by atoms with E-state index >= 15 is 0 Å². The van der Waals surface area contributed by atoms with Crippen LogP contribution in [0.5, 0.6) is 0 Å². The van der Waals surface area contributed by atoms with Crippen molar-refractivity contribution in [2.45, 2.75) is 31.8 Å². The molecule has 0 spiro atoms. The van der Waals surface area contributed by atoms with Gasteiger partial charge in [0.05, 0.1) is 6.54 Å². The first-order chi connectivity index (χ1) is 7.59. The number of nitrogens with one attached hydrogen (secondary N) is 2. The van der Waals surface area contributed by atoms with E-state index in [-0.39, 0.29) is 24.4 Å². The molecule has 2 fully saturated rings. The quantitative estimate of drug-likeness (QED) is 0.670. The van der Waals surface area contributed by atoms with Gasteiger partial charge in [-0.1, -0.05) is 0 Å². The van der Waals surface area contributed by atoms with Crippen LogP contribution in [0, 0.1) is 5.92 Å². The van der Waals surface area contributed by atoms with Crippen LogP contribution in [-0.4, -0.2) is 48.9 Å². The highest BCUT2D eigenvalue weighted by molar-refractivity contribution is 5.86. The molecule has 0 aromatic rings. The summed E-state index contributed by atoms with van der Waals surface area (Å²) in [6.07, 6.45) is 2.46. The molecule has 2 amide bonds. The number of hydrogen-bond acceptors (Lipinski definition) is 3. The maximum absolute atomic E-state index is 12.1. The molecule has 2 N–H and O–H groups in total. The van der Waals surface area contributed by atoms with Gasteiger partial charge in [0.2, 0.25) is 11.8 Å². The Labute approximate surface area is 95.6 Å². The second-order valence-electron chi connectivity index (χ2n) is 4.76. The van der Waals surface area contributed by atoms with E-state index < -0.39 is 0 Å². The number of rotatable bonds is 3. The van der Waals surface area contributed by atoms with Crippen LogP contribution in [0.2, 0.25) is 0 Å². The van der Waals surface area contributed by atoms with E-state index in [0.717, 1.165) is 0 Å². The van der Waals surface area contributed by atoms with Gasteiger partial charge in [-0.3, -0.25) is 14.9 Å². The predicted molar refractivity (Wildman–Crippen MR) is 59.8 cm³/mol. The maximum Gasteiger partial charge on any atom is 0.241 e. The van der Waals surface area contributed by atoms with Gasteiger partial charge in [0.25, 0.3) is 0 Å². The van der Waals surface area contributed by atoms with E-state index in [2.05, 4.69) is 17.6 Å². The van der Waals surface area contributed by atoms with E-state index in [0.29, 0.717) is 18.5 Å². The zero-order valence-corrected chi connectivity index (χ0v) is 9.82. The van der Waals surface area contributed by atoms with Crippen LogP contribution in [0.4, 0.5) is 0 Å². The minimum Gasteiger partial charge on any atom is -0.353 e. The average molecular weight is 225 g/mol. The summed E-state index contributed by atoms with van der Waals surface area (Å²) >= 11 is 0. The first-order valence-electron chi connectivity index (χ1n) is 5.86. The standard InChI is InChI=1S/C11H19N3O2/c1-7(8-3-4-8)14(2)11(16)9-5-13-10(15)6-12-9/h7-9,12H,3-6H2,1-2H3,(H,13,15). The Morgan fingerprint density at radius 1 is 1.50 bits per heavy atom. The summed E-state index contributed by atoms with van der Waals surface area (Å²) in [4.78, 5) is 24.9. The largest absolute Gasteiger partial charge is 0.353 e. The number of likely N-dealkylation sites (N-methyl/N-ethyl adjacent to an activating group) is 1. The van der Waals surface area contributed by atoms with Gasteiger partial charge in [0.1, 0.15) is 6.04 Å². The molecular formula is C11H19N3O2. The van der Waals surface area contributed by atoms with Gasteiger partial charge in [-0.2, -0.15) is 0 Å². The first kappa shape index (κ1) is 11.4. The van der Waals surface area contributed by atoms with Crippen LogP contribution in [0.15, 0.2) is 0 Å².